The maximum Gasteiger partial charge on any atom is 0.256 e. The predicted octanol–water partition coefficient (Wildman–Crippen LogP) is 7.92. The molecule has 164 valence electrons. The van der Waals surface area contributed by atoms with Crippen LogP contribution in [-0.2, 0) is 13.5 Å². The first kappa shape index (κ1) is 21.0. The Balaban J connectivity index is 1.82. The summed E-state index contributed by atoms with van der Waals surface area (Å²) >= 11 is 0. The van der Waals surface area contributed by atoms with Crippen LogP contribution in [0.4, 0.5) is 0 Å². The van der Waals surface area contributed by atoms with Gasteiger partial charge < -0.3 is 4.74 Å². The van der Waals surface area contributed by atoms with E-state index < -0.39 is 0 Å². The van der Waals surface area contributed by atoms with E-state index in [1.54, 1.807) is 0 Å². The summed E-state index contributed by atoms with van der Waals surface area (Å²) in [7, 11) is 2.18. The fraction of sp³-hybridized carbons (Fsp3) is 0.367. The van der Waals surface area contributed by atoms with Crippen LogP contribution in [0, 0.1) is 19.3 Å². The molecular weight excluding hydrogens is 390 g/mol. The van der Waals surface area contributed by atoms with Crippen LogP contribution >= 0.6 is 0 Å². The van der Waals surface area contributed by atoms with Gasteiger partial charge in [0.1, 0.15) is 12.8 Å². The molecule has 1 aliphatic rings. The van der Waals surface area contributed by atoms with Crippen LogP contribution in [0.1, 0.15) is 62.8 Å². The van der Waals surface area contributed by atoms with Gasteiger partial charge in [0.05, 0.1) is 10.9 Å². The zero-order valence-electron chi connectivity index (χ0n) is 20.7. The molecule has 5 rings (SSSR count). The van der Waals surface area contributed by atoms with Crippen LogP contribution in [0.2, 0.25) is 0 Å². The molecule has 0 aliphatic carbocycles. The largest absolute Gasteiger partial charge is 0.450 e. The van der Waals surface area contributed by atoms with E-state index in [0.29, 0.717) is 5.92 Å². The van der Waals surface area contributed by atoms with Crippen molar-refractivity contribution in [1.82, 2.24) is 0 Å². The molecule has 2 heteroatoms. The highest BCUT2D eigenvalue weighted by Gasteiger charge is 2.32. The lowest BCUT2D eigenvalue weighted by atomic mass is 9.87. The molecule has 0 amide bonds. The van der Waals surface area contributed by atoms with Gasteiger partial charge in [0, 0.05) is 17.5 Å². The minimum atomic E-state index is 0.261. The van der Waals surface area contributed by atoms with Crippen LogP contribution in [0.25, 0.3) is 32.9 Å². The Hall–Kier alpha value is -2.87. The highest BCUT2D eigenvalue weighted by atomic mass is 16.5. The molecule has 0 spiro atoms. The zero-order chi connectivity index (χ0) is 22.9. The predicted molar refractivity (Wildman–Crippen MR) is 135 cm³/mol. The smallest absolute Gasteiger partial charge is 0.256 e. The molecule has 32 heavy (non-hydrogen) atoms. The van der Waals surface area contributed by atoms with Crippen LogP contribution in [0.15, 0.2) is 42.5 Å². The van der Waals surface area contributed by atoms with Gasteiger partial charge in [-0.3, -0.25) is 0 Å². The Labute approximate surface area is 191 Å². The van der Waals surface area contributed by atoms with E-state index in [1.165, 1.54) is 55.2 Å². The Bertz CT molecular complexity index is 1400. The van der Waals surface area contributed by atoms with E-state index in [-0.39, 0.29) is 5.41 Å². The van der Waals surface area contributed by atoms with Gasteiger partial charge in [-0.2, -0.15) is 4.57 Å². The lowest BCUT2D eigenvalue weighted by Crippen LogP contribution is -2.33. The maximum atomic E-state index is 6.64. The third kappa shape index (κ3) is 3.28. The van der Waals surface area contributed by atoms with E-state index in [9.17, 15) is 0 Å². The number of fused-ring (bicyclic) bond motifs is 3. The molecule has 0 unspecified atom stereocenters. The van der Waals surface area contributed by atoms with E-state index >= 15 is 0 Å². The molecule has 3 aromatic carbocycles. The maximum absolute atomic E-state index is 6.64. The van der Waals surface area contributed by atoms with Gasteiger partial charge in [-0.05, 0) is 71.4 Å². The first-order valence-corrected chi connectivity index (χ1v) is 11.8. The Morgan fingerprint density at radius 3 is 2.34 bits per heavy atom. The molecule has 0 N–H and O–H groups in total. The van der Waals surface area contributed by atoms with Crippen molar-refractivity contribution in [3.8, 4) is 22.8 Å². The third-order valence-electron chi connectivity index (χ3n) is 6.91. The molecule has 2 heterocycles. The van der Waals surface area contributed by atoms with Crippen molar-refractivity contribution in [2.24, 2.45) is 12.5 Å². The van der Waals surface area contributed by atoms with Crippen molar-refractivity contribution in [3.63, 3.8) is 0 Å². The van der Waals surface area contributed by atoms with E-state index in [1.807, 2.05) is 0 Å². The topological polar surface area (TPSA) is 13.1 Å². The van der Waals surface area contributed by atoms with Crippen molar-refractivity contribution in [1.29, 1.82) is 0 Å². The molecule has 0 saturated carbocycles. The summed E-state index contributed by atoms with van der Waals surface area (Å²) in [5.41, 5.74) is 9.35. The van der Waals surface area contributed by atoms with Gasteiger partial charge >= 0.3 is 0 Å². The average molecular weight is 425 g/mol. The molecule has 0 radical (unpaired) electrons. The SMILES string of the molecule is Cc1cc2cc(C(C)C)cc3c2c(c1C)-c1c(cc2cc(CC(C)(C)C)ccc2[n+]1C)O3. The molecule has 1 aliphatic heterocycles. The molecule has 0 fully saturated rings. The minimum Gasteiger partial charge on any atom is -0.450 e. The number of hydrogen-bond donors (Lipinski definition) is 0. The van der Waals surface area contributed by atoms with Crippen LogP contribution in [0.5, 0.6) is 11.5 Å². The highest BCUT2D eigenvalue weighted by molar-refractivity contribution is 6.05. The first-order chi connectivity index (χ1) is 15.0. The summed E-state index contributed by atoms with van der Waals surface area (Å²) in [5.74, 6) is 2.40. The van der Waals surface area contributed by atoms with E-state index in [2.05, 4.69) is 103 Å². The minimum absolute atomic E-state index is 0.261. The number of ether oxygens (including phenoxy) is 1. The fourth-order valence-corrected chi connectivity index (χ4v) is 5.21. The van der Waals surface area contributed by atoms with Crippen LogP contribution in [-0.4, -0.2) is 0 Å². The van der Waals surface area contributed by atoms with Gasteiger partial charge in [0.25, 0.3) is 5.69 Å². The Morgan fingerprint density at radius 1 is 0.906 bits per heavy atom. The fourth-order valence-electron chi connectivity index (χ4n) is 5.21. The molecular formula is C30H34NO+. The number of benzene rings is 3. The molecule has 2 nitrogen and oxygen atoms in total. The summed E-state index contributed by atoms with van der Waals surface area (Å²) in [6.45, 7) is 15.8. The second kappa shape index (κ2) is 7.07. The van der Waals surface area contributed by atoms with Gasteiger partial charge in [0.15, 0.2) is 5.75 Å². The zero-order valence-corrected chi connectivity index (χ0v) is 20.7. The second-order valence-corrected chi connectivity index (χ2v) is 11.1. The van der Waals surface area contributed by atoms with Crippen molar-refractivity contribution >= 4 is 21.7 Å². The Morgan fingerprint density at radius 2 is 1.66 bits per heavy atom. The number of aromatic nitrogens is 1. The van der Waals surface area contributed by atoms with E-state index in [4.69, 9.17) is 4.74 Å². The number of hydrogen-bond acceptors (Lipinski definition) is 1. The van der Waals surface area contributed by atoms with Crippen molar-refractivity contribution in [2.75, 3.05) is 0 Å². The molecule has 0 atom stereocenters. The normalized spacial score (nSPS) is 13.0. The summed E-state index contributed by atoms with van der Waals surface area (Å²) in [6.07, 6.45) is 1.06. The van der Waals surface area contributed by atoms with Crippen molar-refractivity contribution < 1.29 is 9.30 Å². The van der Waals surface area contributed by atoms with Gasteiger partial charge in [-0.25, -0.2) is 0 Å². The first-order valence-electron chi connectivity index (χ1n) is 11.8. The standard InChI is InChI=1S/C30H34NO/c1-17(2)21-13-23-11-18(3)19(4)27-28(23)25(14-21)32-26-15-22-12-20(16-30(5,6)7)9-10-24(22)31(8)29(26)27/h9-15,17H,16H2,1-8H3/q+1. The quantitative estimate of drug-likeness (QED) is 0.262. The van der Waals surface area contributed by atoms with Crippen LogP contribution < -0.4 is 9.30 Å². The van der Waals surface area contributed by atoms with E-state index in [0.717, 1.165) is 17.9 Å². The lowest BCUT2D eigenvalue weighted by molar-refractivity contribution is -0.633. The summed E-state index contributed by atoms with van der Waals surface area (Å²) in [5, 5.41) is 3.75. The lowest BCUT2D eigenvalue weighted by Gasteiger charge is -2.24. The third-order valence-corrected chi connectivity index (χ3v) is 6.91. The average Bonchev–Trinajstić information content (AvgIpc) is 2.69. The monoisotopic (exact) mass is 424 g/mol. The summed E-state index contributed by atoms with van der Waals surface area (Å²) in [6, 6.07) is 16.0. The second-order valence-electron chi connectivity index (χ2n) is 11.1. The summed E-state index contributed by atoms with van der Waals surface area (Å²) < 4.78 is 8.97. The summed E-state index contributed by atoms with van der Waals surface area (Å²) in [4.78, 5) is 0. The van der Waals surface area contributed by atoms with Crippen molar-refractivity contribution in [2.45, 2.75) is 60.8 Å². The van der Waals surface area contributed by atoms with Crippen LogP contribution in [0.3, 0.4) is 0 Å². The number of nitrogens with zero attached hydrogens (tertiary/aromatic N) is 1. The number of rotatable bonds is 2. The molecule has 4 aromatic rings. The van der Waals surface area contributed by atoms with Gasteiger partial charge in [0.2, 0.25) is 5.52 Å². The molecule has 1 aromatic heterocycles. The molecule has 0 bridgehead atoms. The number of aryl methyl sites for hydroxylation is 2. The number of pyridine rings is 1. The Kier molecular flexibility index (Phi) is 4.64. The van der Waals surface area contributed by atoms with Gasteiger partial charge in [-0.1, -0.05) is 52.8 Å². The van der Waals surface area contributed by atoms with Crippen molar-refractivity contribution in [3.05, 3.63) is 64.7 Å². The highest BCUT2D eigenvalue weighted by Crippen LogP contribution is 2.49. The molecule has 0 saturated heterocycles. The van der Waals surface area contributed by atoms with Gasteiger partial charge in [-0.15, -0.1) is 0 Å².